The lowest BCUT2D eigenvalue weighted by atomic mass is 9.95. The molecular weight excluding hydrogens is 485 g/mol. The number of aliphatic carboxylic acids is 1. The molecule has 0 bridgehead atoms. The standard InChI is InChI=1S/C30H34FNO4Si/c1-35-24-9-12-28(22-5-7-23(31)8-6-22)29(18-24)32-15-13-21(14-16-32)19-36-25-3-2-4-27(17-25)37(20-30(33)34)26-10-11-26/h2-9,12,17-18,21,26,37H,10-11,13-16,19-20H2,1H3,(H,33,34)/t37-/m0/s1. The molecule has 3 aromatic rings. The van der Waals surface area contributed by atoms with Crippen molar-refractivity contribution in [1.29, 1.82) is 0 Å². The van der Waals surface area contributed by atoms with Crippen LogP contribution in [0.15, 0.2) is 66.7 Å². The molecule has 2 fully saturated rings. The van der Waals surface area contributed by atoms with Gasteiger partial charge in [-0.2, -0.15) is 0 Å². The number of carboxylic acid groups (broad SMARTS) is 1. The second-order valence-electron chi connectivity index (χ2n) is 10.2. The summed E-state index contributed by atoms with van der Waals surface area (Å²) in [6, 6.07) is 21.2. The number of hydrogen-bond acceptors (Lipinski definition) is 4. The number of nitrogens with zero attached hydrogens (tertiary/aromatic N) is 1. The Balaban J connectivity index is 1.21. The molecule has 1 saturated heterocycles. The van der Waals surface area contributed by atoms with Crippen LogP contribution in [-0.4, -0.2) is 46.7 Å². The number of hydrogen-bond donors (Lipinski definition) is 1. The van der Waals surface area contributed by atoms with Crippen molar-refractivity contribution < 1.29 is 23.8 Å². The van der Waals surface area contributed by atoms with E-state index in [9.17, 15) is 14.3 Å². The number of ether oxygens (including phenoxy) is 2. The Morgan fingerprint density at radius 3 is 2.43 bits per heavy atom. The van der Waals surface area contributed by atoms with Gasteiger partial charge in [0.15, 0.2) is 0 Å². The average molecular weight is 520 g/mol. The molecule has 0 radical (unpaired) electrons. The fourth-order valence-electron chi connectivity index (χ4n) is 5.41. The smallest absolute Gasteiger partial charge is 0.300 e. The molecule has 2 aliphatic rings. The van der Waals surface area contributed by atoms with E-state index >= 15 is 0 Å². The molecule has 3 aromatic carbocycles. The first-order valence-corrected chi connectivity index (χ1v) is 15.2. The first-order chi connectivity index (χ1) is 18.0. The normalized spacial score (nSPS) is 16.9. The van der Waals surface area contributed by atoms with Crippen molar-refractivity contribution in [2.24, 2.45) is 5.92 Å². The van der Waals surface area contributed by atoms with Crippen LogP contribution in [0.5, 0.6) is 11.5 Å². The Bertz CT molecular complexity index is 1220. The number of carboxylic acids is 1. The maximum Gasteiger partial charge on any atom is 0.300 e. The molecule has 1 aliphatic heterocycles. The predicted molar refractivity (Wildman–Crippen MR) is 147 cm³/mol. The number of halogens is 1. The van der Waals surface area contributed by atoms with Gasteiger partial charge in [0.1, 0.15) is 17.3 Å². The van der Waals surface area contributed by atoms with E-state index in [2.05, 4.69) is 23.1 Å². The molecule has 1 saturated carbocycles. The highest BCUT2D eigenvalue weighted by molar-refractivity contribution is 6.77. The van der Waals surface area contributed by atoms with Crippen molar-refractivity contribution in [1.82, 2.24) is 0 Å². The van der Waals surface area contributed by atoms with Gasteiger partial charge >= 0.3 is 5.97 Å². The highest BCUT2D eigenvalue weighted by Gasteiger charge is 2.35. The van der Waals surface area contributed by atoms with Crippen molar-refractivity contribution in [3.8, 4) is 22.6 Å². The molecule has 7 heteroatoms. The van der Waals surface area contributed by atoms with Gasteiger partial charge in [0, 0.05) is 36.5 Å². The fourth-order valence-corrected chi connectivity index (χ4v) is 8.63. The molecule has 1 N–H and O–H groups in total. The van der Waals surface area contributed by atoms with Crippen LogP contribution in [0, 0.1) is 11.7 Å². The molecule has 1 aliphatic carbocycles. The molecule has 0 unspecified atom stereocenters. The molecule has 0 aromatic heterocycles. The van der Waals surface area contributed by atoms with Gasteiger partial charge in [-0.15, -0.1) is 0 Å². The summed E-state index contributed by atoms with van der Waals surface area (Å²) in [5.41, 5.74) is 3.78. The Kier molecular flexibility index (Phi) is 7.79. The summed E-state index contributed by atoms with van der Waals surface area (Å²) < 4.78 is 25.2. The molecule has 0 amide bonds. The number of methoxy groups -OCH3 is 1. The third kappa shape index (κ3) is 6.33. The van der Waals surface area contributed by atoms with Crippen LogP contribution in [0.1, 0.15) is 25.7 Å². The number of carbonyl (C=O) groups is 1. The molecule has 1 atom stereocenters. The second kappa shape index (κ2) is 11.4. The monoisotopic (exact) mass is 519 g/mol. The van der Waals surface area contributed by atoms with E-state index in [4.69, 9.17) is 9.47 Å². The molecular formula is C30H34FNO4Si. The molecule has 194 valence electrons. The molecule has 0 spiro atoms. The van der Waals surface area contributed by atoms with E-state index in [-0.39, 0.29) is 5.82 Å². The van der Waals surface area contributed by atoms with Gasteiger partial charge < -0.3 is 19.5 Å². The minimum absolute atomic E-state index is 0.238. The average Bonchev–Trinajstić information content (AvgIpc) is 3.77. The Labute approximate surface area is 219 Å². The van der Waals surface area contributed by atoms with Gasteiger partial charge in [0.25, 0.3) is 0 Å². The zero-order valence-electron chi connectivity index (χ0n) is 21.2. The zero-order valence-corrected chi connectivity index (χ0v) is 22.4. The number of anilines is 1. The lowest BCUT2D eigenvalue weighted by molar-refractivity contribution is -0.134. The van der Waals surface area contributed by atoms with Crippen molar-refractivity contribution in [2.45, 2.75) is 37.3 Å². The predicted octanol–water partition coefficient (Wildman–Crippen LogP) is 5.48. The number of rotatable bonds is 10. The third-order valence-corrected chi connectivity index (χ3v) is 11.5. The Morgan fingerprint density at radius 1 is 1.00 bits per heavy atom. The van der Waals surface area contributed by atoms with Crippen molar-refractivity contribution in [3.05, 3.63) is 72.5 Å². The second-order valence-corrected chi connectivity index (χ2v) is 13.5. The lowest BCUT2D eigenvalue weighted by Crippen LogP contribution is -2.36. The minimum atomic E-state index is -1.50. The summed E-state index contributed by atoms with van der Waals surface area (Å²) >= 11 is 0. The van der Waals surface area contributed by atoms with Gasteiger partial charge in [-0.05, 0) is 66.3 Å². The van der Waals surface area contributed by atoms with Crippen molar-refractivity contribution in [3.63, 3.8) is 0 Å². The van der Waals surface area contributed by atoms with Crippen LogP contribution in [0.4, 0.5) is 10.1 Å². The van der Waals surface area contributed by atoms with Crippen LogP contribution in [0.3, 0.4) is 0 Å². The van der Waals surface area contributed by atoms with Gasteiger partial charge in [-0.1, -0.05) is 42.3 Å². The van der Waals surface area contributed by atoms with Crippen molar-refractivity contribution in [2.75, 3.05) is 31.7 Å². The van der Waals surface area contributed by atoms with Gasteiger partial charge in [0.05, 0.1) is 22.5 Å². The maximum absolute atomic E-state index is 13.5. The summed E-state index contributed by atoms with van der Waals surface area (Å²) in [4.78, 5) is 13.8. The van der Waals surface area contributed by atoms with E-state index in [1.54, 1.807) is 7.11 Å². The van der Waals surface area contributed by atoms with Gasteiger partial charge in [-0.25, -0.2) is 4.39 Å². The van der Waals surface area contributed by atoms with E-state index in [0.29, 0.717) is 24.1 Å². The summed E-state index contributed by atoms with van der Waals surface area (Å²) in [6.07, 6.45) is 4.37. The highest BCUT2D eigenvalue weighted by atomic mass is 28.3. The quantitative estimate of drug-likeness (QED) is 0.360. The number of piperidine rings is 1. The largest absolute Gasteiger partial charge is 0.497 e. The van der Waals surface area contributed by atoms with Crippen molar-refractivity contribution >= 4 is 25.6 Å². The zero-order chi connectivity index (χ0) is 25.8. The molecule has 5 nitrogen and oxygen atoms in total. The van der Waals surface area contributed by atoms with E-state index in [1.807, 2.05) is 36.4 Å². The van der Waals surface area contributed by atoms with E-state index in [1.165, 1.54) is 30.2 Å². The number of benzene rings is 3. The fraction of sp³-hybridized carbons (Fsp3) is 0.367. The summed E-state index contributed by atoms with van der Waals surface area (Å²) in [6.45, 7) is 2.48. The van der Waals surface area contributed by atoms with E-state index in [0.717, 1.165) is 54.2 Å². The first kappa shape index (κ1) is 25.3. The van der Waals surface area contributed by atoms with Crippen LogP contribution in [0.2, 0.25) is 11.6 Å². The maximum atomic E-state index is 13.5. The summed E-state index contributed by atoms with van der Waals surface area (Å²) in [7, 11) is 0.172. The lowest BCUT2D eigenvalue weighted by Gasteiger charge is -2.35. The SMILES string of the molecule is COc1ccc(-c2ccc(F)cc2)c(N2CCC(COc3cccc([Si@@H](CC(=O)O)C4CC4)c3)CC2)c1. The molecule has 5 rings (SSSR count). The third-order valence-electron chi connectivity index (χ3n) is 7.67. The Morgan fingerprint density at radius 2 is 1.76 bits per heavy atom. The summed E-state index contributed by atoms with van der Waals surface area (Å²) in [5, 5.41) is 10.6. The van der Waals surface area contributed by atoms with Gasteiger partial charge in [0.2, 0.25) is 0 Å². The molecule has 37 heavy (non-hydrogen) atoms. The Hall–Kier alpha value is -3.32. The topological polar surface area (TPSA) is 59.0 Å². The van der Waals surface area contributed by atoms with Crippen LogP contribution < -0.4 is 19.6 Å². The van der Waals surface area contributed by atoms with Crippen LogP contribution in [-0.2, 0) is 4.79 Å². The summed E-state index contributed by atoms with van der Waals surface area (Å²) in [5.74, 6) is 1.20. The molecule has 1 heterocycles. The van der Waals surface area contributed by atoms with Gasteiger partial charge in [-0.3, -0.25) is 4.79 Å². The van der Waals surface area contributed by atoms with Crippen LogP contribution in [0.25, 0.3) is 11.1 Å². The van der Waals surface area contributed by atoms with Crippen LogP contribution >= 0.6 is 0 Å². The van der Waals surface area contributed by atoms with E-state index < -0.39 is 14.8 Å². The minimum Gasteiger partial charge on any atom is -0.497 e. The first-order valence-electron chi connectivity index (χ1n) is 13.1. The highest BCUT2D eigenvalue weighted by Crippen LogP contribution is 2.40.